The molecule has 6 heteroatoms. The highest BCUT2D eigenvalue weighted by molar-refractivity contribution is 5.94. The smallest absolute Gasteiger partial charge is 0.224 e. The van der Waals surface area contributed by atoms with Gasteiger partial charge in [-0.05, 0) is 29.8 Å². The minimum absolute atomic E-state index is 0.0411. The monoisotopic (exact) mass is 400 g/mol. The summed E-state index contributed by atoms with van der Waals surface area (Å²) in [6, 6.07) is 23.6. The van der Waals surface area contributed by atoms with Crippen LogP contribution < -0.4 is 15.0 Å². The Bertz CT molecular complexity index is 1150. The highest BCUT2D eigenvalue weighted by Crippen LogP contribution is 2.27. The number of carbonyl (C=O) groups is 1. The number of anilines is 2. The number of nitrogens with one attached hydrogen (secondary N) is 2. The van der Waals surface area contributed by atoms with Crippen molar-refractivity contribution >= 4 is 28.6 Å². The van der Waals surface area contributed by atoms with Crippen molar-refractivity contribution in [2.45, 2.75) is 20.1 Å². The molecule has 30 heavy (non-hydrogen) atoms. The largest absolute Gasteiger partial charge is 0.489 e. The standard InChI is InChI=1S/C24H24N4O2/c1-17(29)28(20-12-13-21-22(14-20)27-24(25-2)26-21)15-19-10-6-7-11-23(19)30-16-18-8-4-3-5-9-18/h3-14H,15-16H2,1-2H3,(H2,25,26,27). The molecule has 0 spiro atoms. The third-order valence-electron chi connectivity index (χ3n) is 4.93. The van der Waals surface area contributed by atoms with E-state index in [-0.39, 0.29) is 5.91 Å². The quantitative estimate of drug-likeness (QED) is 0.470. The highest BCUT2D eigenvalue weighted by Gasteiger charge is 2.16. The molecule has 0 atom stereocenters. The van der Waals surface area contributed by atoms with Gasteiger partial charge in [0.2, 0.25) is 11.9 Å². The predicted octanol–water partition coefficient (Wildman–Crippen LogP) is 4.74. The van der Waals surface area contributed by atoms with Gasteiger partial charge in [-0.1, -0.05) is 48.5 Å². The summed E-state index contributed by atoms with van der Waals surface area (Å²) in [5, 5.41) is 3.00. The average Bonchev–Trinajstić information content (AvgIpc) is 3.19. The zero-order valence-corrected chi connectivity index (χ0v) is 17.1. The molecular formula is C24H24N4O2. The van der Waals surface area contributed by atoms with Gasteiger partial charge in [-0.2, -0.15) is 0 Å². The van der Waals surface area contributed by atoms with Gasteiger partial charge in [0, 0.05) is 25.2 Å². The molecular weight excluding hydrogens is 376 g/mol. The van der Waals surface area contributed by atoms with E-state index in [1.54, 1.807) is 11.8 Å². The Kier molecular flexibility index (Phi) is 5.66. The number of H-pyrrole nitrogens is 1. The van der Waals surface area contributed by atoms with Crippen LogP contribution in [0.5, 0.6) is 5.75 Å². The highest BCUT2D eigenvalue weighted by atomic mass is 16.5. The fourth-order valence-corrected chi connectivity index (χ4v) is 3.35. The summed E-state index contributed by atoms with van der Waals surface area (Å²) < 4.78 is 6.07. The number of aromatic nitrogens is 2. The Morgan fingerprint density at radius 1 is 1.07 bits per heavy atom. The molecule has 4 rings (SSSR count). The molecule has 0 saturated carbocycles. The summed E-state index contributed by atoms with van der Waals surface area (Å²) >= 11 is 0. The molecule has 1 aromatic heterocycles. The minimum atomic E-state index is -0.0411. The summed E-state index contributed by atoms with van der Waals surface area (Å²) in [5.74, 6) is 1.42. The molecule has 1 amide bonds. The summed E-state index contributed by atoms with van der Waals surface area (Å²) in [5.41, 5.74) is 4.57. The number of amides is 1. The van der Waals surface area contributed by atoms with Crippen molar-refractivity contribution in [3.05, 3.63) is 83.9 Å². The van der Waals surface area contributed by atoms with Crippen LogP contribution in [0.2, 0.25) is 0 Å². The molecule has 0 fully saturated rings. The van der Waals surface area contributed by atoms with Gasteiger partial charge in [0.25, 0.3) is 0 Å². The molecule has 0 aliphatic carbocycles. The van der Waals surface area contributed by atoms with Crippen molar-refractivity contribution in [2.24, 2.45) is 0 Å². The number of hydrogen-bond donors (Lipinski definition) is 2. The van der Waals surface area contributed by atoms with E-state index in [0.29, 0.717) is 19.1 Å². The summed E-state index contributed by atoms with van der Waals surface area (Å²) in [7, 11) is 1.81. The van der Waals surface area contributed by atoms with Gasteiger partial charge in [-0.25, -0.2) is 4.98 Å². The Balaban J connectivity index is 1.58. The molecule has 1 heterocycles. The van der Waals surface area contributed by atoms with Gasteiger partial charge in [-0.15, -0.1) is 0 Å². The lowest BCUT2D eigenvalue weighted by molar-refractivity contribution is -0.116. The van der Waals surface area contributed by atoms with Crippen LogP contribution in [0.15, 0.2) is 72.8 Å². The van der Waals surface area contributed by atoms with E-state index in [9.17, 15) is 4.79 Å². The van der Waals surface area contributed by atoms with Crippen LogP contribution in [-0.2, 0) is 17.9 Å². The summed E-state index contributed by atoms with van der Waals surface area (Å²) in [6.45, 7) is 2.47. The van der Waals surface area contributed by atoms with Crippen LogP contribution in [0.1, 0.15) is 18.1 Å². The van der Waals surface area contributed by atoms with Crippen LogP contribution >= 0.6 is 0 Å². The van der Waals surface area contributed by atoms with Crippen molar-refractivity contribution in [1.29, 1.82) is 0 Å². The second-order valence-electron chi connectivity index (χ2n) is 7.02. The second-order valence-corrected chi connectivity index (χ2v) is 7.02. The lowest BCUT2D eigenvalue weighted by Crippen LogP contribution is -2.28. The summed E-state index contributed by atoms with van der Waals surface area (Å²) in [4.78, 5) is 21.9. The zero-order valence-electron chi connectivity index (χ0n) is 17.1. The van der Waals surface area contributed by atoms with Crippen molar-refractivity contribution < 1.29 is 9.53 Å². The van der Waals surface area contributed by atoms with Gasteiger partial charge in [0.15, 0.2) is 0 Å². The maximum atomic E-state index is 12.5. The van der Waals surface area contributed by atoms with E-state index in [1.165, 1.54) is 0 Å². The molecule has 0 aliphatic rings. The first-order chi connectivity index (χ1) is 14.6. The van der Waals surface area contributed by atoms with Crippen molar-refractivity contribution in [3.8, 4) is 5.75 Å². The van der Waals surface area contributed by atoms with E-state index in [1.807, 2.05) is 79.8 Å². The van der Waals surface area contributed by atoms with Crippen molar-refractivity contribution in [3.63, 3.8) is 0 Å². The number of nitrogens with zero attached hydrogens (tertiary/aromatic N) is 2. The van der Waals surface area contributed by atoms with Crippen LogP contribution in [-0.4, -0.2) is 22.9 Å². The third kappa shape index (κ3) is 4.27. The number of fused-ring (bicyclic) bond motifs is 1. The van der Waals surface area contributed by atoms with E-state index in [4.69, 9.17) is 4.74 Å². The number of carbonyl (C=O) groups excluding carboxylic acids is 1. The molecule has 2 N–H and O–H groups in total. The first-order valence-corrected chi connectivity index (χ1v) is 9.84. The molecule has 0 unspecified atom stereocenters. The number of rotatable bonds is 7. The number of benzene rings is 3. The number of aromatic amines is 1. The summed E-state index contributed by atoms with van der Waals surface area (Å²) in [6.07, 6.45) is 0. The Labute approximate surface area is 175 Å². The molecule has 6 nitrogen and oxygen atoms in total. The average molecular weight is 400 g/mol. The Morgan fingerprint density at radius 2 is 1.83 bits per heavy atom. The lowest BCUT2D eigenvalue weighted by Gasteiger charge is -2.23. The molecule has 3 aromatic carbocycles. The predicted molar refractivity (Wildman–Crippen MR) is 120 cm³/mol. The topological polar surface area (TPSA) is 70.2 Å². The minimum Gasteiger partial charge on any atom is -0.489 e. The van der Waals surface area contributed by atoms with Gasteiger partial charge in [0.05, 0.1) is 17.6 Å². The maximum Gasteiger partial charge on any atom is 0.224 e. The Morgan fingerprint density at radius 3 is 2.60 bits per heavy atom. The van der Waals surface area contributed by atoms with E-state index in [0.717, 1.165) is 33.6 Å². The maximum absolute atomic E-state index is 12.5. The second kappa shape index (κ2) is 8.69. The fourth-order valence-electron chi connectivity index (χ4n) is 3.35. The number of para-hydroxylation sites is 1. The Hall–Kier alpha value is -3.80. The molecule has 0 saturated heterocycles. The molecule has 0 bridgehead atoms. The molecule has 152 valence electrons. The molecule has 0 radical (unpaired) electrons. The van der Waals surface area contributed by atoms with Crippen LogP contribution in [0.3, 0.4) is 0 Å². The van der Waals surface area contributed by atoms with E-state index in [2.05, 4.69) is 15.3 Å². The van der Waals surface area contributed by atoms with Crippen LogP contribution in [0.4, 0.5) is 11.6 Å². The van der Waals surface area contributed by atoms with Crippen molar-refractivity contribution in [1.82, 2.24) is 9.97 Å². The molecule has 0 aliphatic heterocycles. The lowest BCUT2D eigenvalue weighted by atomic mass is 10.1. The zero-order chi connectivity index (χ0) is 20.9. The number of imidazole rings is 1. The van der Waals surface area contributed by atoms with Crippen LogP contribution in [0.25, 0.3) is 11.0 Å². The first-order valence-electron chi connectivity index (χ1n) is 9.84. The van der Waals surface area contributed by atoms with E-state index >= 15 is 0 Å². The van der Waals surface area contributed by atoms with Gasteiger partial charge in [0.1, 0.15) is 12.4 Å². The van der Waals surface area contributed by atoms with E-state index < -0.39 is 0 Å². The normalized spacial score (nSPS) is 10.7. The van der Waals surface area contributed by atoms with Gasteiger partial charge < -0.3 is 19.9 Å². The van der Waals surface area contributed by atoms with Gasteiger partial charge in [-0.3, -0.25) is 4.79 Å². The SMILES string of the molecule is CNc1nc2ccc(N(Cc3ccccc3OCc3ccccc3)C(C)=O)cc2[nH]1. The van der Waals surface area contributed by atoms with Crippen LogP contribution in [0, 0.1) is 0 Å². The third-order valence-corrected chi connectivity index (χ3v) is 4.93. The fraction of sp³-hybridized carbons (Fsp3) is 0.167. The first kappa shape index (κ1) is 19.5. The van der Waals surface area contributed by atoms with Crippen molar-refractivity contribution in [2.75, 3.05) is 17.3 Å². The molecule has 4 aromatic rings. The number of hydrogen-bond acceptors (Lipinski definition) is 4. The number of ether oxygens (including phenoxy) is 1. The van der Waals surface area contributed by atoms with Gasteiger partial charge >= 0.3 is 0 Å².